The molecule has 0 saturated carbocycles. The van der Waals surface area contributed by atoms with E-state index in [1.54, 1.807) is 10.8 Å². The van der Waals surface area contributed by atoms with Crippen molar-refractivity contribution in [2.75, 3.05) is 0 Å². The van der Waals surface area contributed by atoms with Gasteiger partial charge in [-0.2, -0.15) is 0 Å². The van der Waals surface area contributed by atoms with Crippen LogP contribution in [0.2, 0.25) is 0 Å². The van der Waals surface area contributed by atoms with Crippen LogP contribution in [0.15, 0.2) is 22.9 Å². The molecular weight excluding hydrogens is 340 g/mol. The van der Waals surface area contributed by atoms with Gasteiger partial charge in [0, 0.05) is 25.0 Å². The average molecular weight is 356 g/mol. The Balaban J connectivity index is 1.93. The van der Waals surface area contributed by atoms with Crippen molar-refractivity contribution < 1.29 is 14.6 Å². The summed E-state index contributed by atoms with van der Waals surface area (Å²) < 4.78 is 5.83. The summed E-state index contributed by atoms with van der Waals surface area (Å²) in [6.45, 7) is 3.70. The summed E-state index contributed by atoms with van der Waals surface area (Å²) in [7, 11) is 0. The number of hydrogen-bond donors (Lipinski definition) is 0. The van der Waals surface area contributed by atoms with Gasteiger partial charge in [-0.3, -0.25) is 20.2 Å². The van der Waals surface area contributed by atoms with Crippen LogP contribution < -0.4 is 0 Å². The van der Waals surface area contributed by atoms with Crippen molar-refractivity contribution in [3.8, 4) is 0 Å². The highest BCUT2D eigenvalue weighted by Crippen LogP contribution is 2.28. The molecular formula is C14H16N2O5S2. The summed E-state index contributed by atoms with van der Waals surface area (Å²) in [6.07, 6.45) is 0.484. The first-order chi connectivity index (χ1) is 10.9. The molecule has 0 bridgehead atoms. The van der Waals surface area contributed by atoms with Gasteiger partial charge in [0.1, 0.15) is 0 Å². The molecule has 0 aromatic carbocycles. The molecule has 0 N–H and O–H groups in total. The Morgan fingerprint density at radius 3 is 1.70 bits per heavy atom. The van der Waals surface area contributed by atoms with Crippen LogP contribution in [0.4, 0.5) is 11.4 Å². The molecule has 0 fully saturated rings. The molecule has 124 valence electrons. The van der Waals surface area contributed by atoms with Crippen LogP contribution in [-0.2, 0) is 17.6 Å². The van der Waals surface area contributed by atoms with Gasteiger partial charge >= 0.3 is 0 Å². The molecule has 7 nitrogen and oxygen atoms in total. The lowest BCUT2D eigenvalue weighted by Gasteiger charge is -2.18. The lowest BCUT2D eigenvalue weighted by atomic mass is 10.2. The quantitative estimate of drug-likeness (QED) is 0.521. The highest BCUT2D eigenvalue weighted by atomic mass is 32.1. The van der Waals surface area contributed by atoms with Gasteiger partial charge in [0.25, 0.3) is 11.4 Å². The standard InChI is InChI=1S/C14H16N2O5S2/c1-9(7-13-11(15(17)18)3-5-22-13)21-10(2)8-14-12(16(19)20)4-6-23-14/h3-6,9-10H,7-8H2,1-2H3. The van der Waals surface area contributed by atoms with Gasteiger partial charge in [-0.05, 0) is 24.6 Å². The maximum Gasteiger partial charge on any atom is 0.283 e. The van der Waals surface area contributed by atoms with Crippen LogP contribution in [0, 0.1) is 20.2 Å². The molecule has 9 heteroatoms. The summed E-state index contributed by atoms with van der Waals surface area (Å²) in [5.41, 5.74) is 0.235. The van der Waals surface area contributed by atoms with E-state index in [9.17, 15) is 20.2 Å². The third-order valence-corrected chi connectivity index (χ3v) is 5.11. The van der Waals surface area contributed by atoms with Crippen molar-refractivity contribution in [1.82, 2.24) is 0 Å². The van der Waals surface area contributed by atoms with E-state index >= 15 is 0 Å². The molecule has 2 heterocycles. The maximum atomic E-state index is 10.9. The van der Waals surface area contributed by atoms with E-state index in [0.717, 1.165) is 0 Å². The van der Waals surface area contributed by atoms with Crippen LogP contribution in [0.3, 0.4) is 0 Å². The van der Waals surface area contributed by atoms with E-state index in [-0.39, 0.29) is 23.6 Å². The van der Waals surface area contributed by atoms with E-state index in [4.69, 9.17) is 4.74 Å². The molecule has 2 rings (SSSR count). The molecule has 2 aromatic heterocycles. The minimum absolute atomic E-state index is 0.118. The van der Waals surface area contributed by atoms with Crippen molar-refractivity contribution in [2.45, 2.75) is 38.9 Å². The molecule has 0 radical (unpaired) electrons. The maximum absolute atomic E-state index is 10.9. The summed E-state index contributed by atoms with van der Waals surface area (Å²) in [5.74, 6) is 0. The van der Waals surface area contributed by atoms with Crippen molar-refractivity contribution >= 4 is 34.0 Å². The van der Waals surface area contributed by atoms with Gasteiger partial charge in [0.05, 0.1) is 31.8 Å². The zero-order chi connectivity index (χ0) is 17.0. The normalized spacial score (nSPS) is 13.7. The van der Waals surface area contributed by atoms with Crippen molar-refractivity contribution in [3.63, 3.8) is 0 Å². The first-order valence-electron chi connectivity index (χ1n) is 6.95. The van der Waals surface area contributed by atoms with Crippen molar-refractivity contribution in [2.24, 2.45) is 0 Å². The highest BCUT2D eigenvalue weighted by Gasteiger charge is 2.21. The number of thiophene rings is 2. The molecule has 2 atom stereocenters. The fraction of sp³-hybridized carbons (Fsp3) is 0.429. The van der Waals surface area contributed by atoms with Gasteiger partial charge in [0.2, 0.25) is 0 Å². The molecule has 0 aliphatic rings. The van der Waals surface area contributed by atoms with E-state index in [1.165, 1.54) is 34.8 Å². The number of nitro groups is 2. The lowest BCUT2D eigenvalue weighted by molar-refractivity contribution is -0.385. The third kappa shape index (κ3) is 4.57. The minimum Gasteiger partial charge on any atom is -0.375 e. The highest BCUT2D eigenvalue weighted by molar-refractivity contribution is 7.10. The van der Waals surface area contributed by atoms with E-state index in [0.29, 0.717) is 22.6 Å². The first-order valence-corrected chi connectivity index (χ1v) is 8.71. The smallest absolute Gasteiger partial charge is 0.283 e. The molecule has 23 heavy (non-hydrogen) atoms. The lowest BCUT2D eigenvalue weighted by Crippen LogP contribution is -2.21. The van der Waals surface area contributed by atoms with E-state index in [2.05, 4.69) is 0 Å². The zero-order valence-corrected chi connectivity index (χ0v) is 14.3. The van der Waals surface area contributed by atoms with Crippen molar-refractivity contribution in [3.05, 3.63) is 52.9 Å². The molecule has 0 aliphatic heterocycles. The number of hydrogen-bond acceptors (Lipinski definition) is 7. The van der Waals surface area contributed by atoms with Gasteiger partial charge in [0.15, 0.2) is 0 Å². The minimum atomic E-state index is -0.392. The molecule has 0 aliphatic carbocycles. The van der Waals surface area contributed by atoms with Crippen LogP contribution in [-0.4, -0.2) is 22.1 Å². The largest absolute Gasteiger partial charge is 0.375 e. The Bertz CT molecular complexity index is 639. The molecule has 2 aromatic rings. The van der Waals surface area contributed by atoms with Gasteiger partial charge in [-0.1, -0.05) is 0 Å². The Morgan fingerprint density at radius 2 is 1.35 bits per heavy atom. The number of rotatable bonds is 8. The van der Waals surface area contributed by atoms with E-state index in [1.807, 2.05) is 13.8 Å². The Morgan fingerprint density at radius 1 is 0.957 bits per heavy atom. The van der Waals surface area contributed by atoms with Crippen LogP contribution in [0.5, 0.6) is 0 Å². The Hall–Kier alpha value is -1.84. The first kappa shape index (κ1) is 17.5. The summed E-state index contributed by atoms with van der Waals surface area (Å²) in [6, 6.07) is 2.98. The number of nitrogens with zero attached hydrogens (tertiary/aromatic N) is 2. The zero-order valence-electron chi connectivity index (χ0n) is 12.6. The second-order valence-electron chi connectivity index (χ2n) is 5.14. The Kier molecular flexibility index (Phi) is 5.80. The monoisotopic (exact) mass is 356 g/mol. The molecule has 0 spiro atoms. The number of ether oxygens (including phenoxy) is 1. The fourth-order valence-electron chi connectivity index (χ4n) is 2.31. The molecule has 0 saturated heterocycles. The van der Waals surface area contributed by atoms with Crippen molar-refractivity contribution in [1.29, 1.82) is 0 Å². The summed E-state index contributed by atoms with van der Waals surface area (Å²) in [4.78, 5) is 22.4. The van der Waals surface area contributed by atoms with Gasteiger partial charge < -0.3 is 4.74 Å². The SMILES string of the molecule is CC(Cc1sccc1[N+](=O)[O-])OC(C)Cc1sccc1[N+](=O)[O-]. The molecule has 0 amide bonds. The predicted molar refractivity (Wildman–Crippen MR) is 89.4 cm³/mol. The summed E-state index contributed by atoms with van der Waals surface area (Å²) >= 11 is 2.67. The van der Waals surface area contributed by atoms with Gasteiger partial charge in [-0.15, -0.1) is 22.7 Å². The van der Waals surface area contributed by atoms with Crippen LogP contribution in [0.1, 0.15) is 23.6 Å². The fourth-order valence-corrected chi connectivity index (χ4v) is 4.22. The average Bonchev–Trinajstić information content (AvgIpc) is 3.07. The second kappa shape index (κ2) is 7.62. The topological polar surface area (TPSA) is 95.5 Å². The summed E-state index contributed by atoms with van der Waals surface area (Å²) in [5, 5.41) is 25.2. The van der Waals surface area contributed by atoms with Crippen LogP contribution in [0.25, 0.3) is 0 Å². The predicted octanol–water partition coefficient (Wildman–Crippen LogP) is 4.20. The Labute approximate surface area is 140 Å². The van der Waals surface area contributed by atoms with Crippen LogP contribution >= 0.6 is 22.7 Å². The second-order valence-corrected chi connectivity index (χ2v) is 7.14. The third-order valence-electron chi connectivity index (χ3n) is 3.25. The molecule has 2 unspecified atom stereocenters. The van der Waals surface area contributed by atoms with Gasteiger partial charge in [-0.25, -0.2) is 0 Å². The van der Waals surface area contributed by atoms with E-state index < -0.39 is 9.85 Å².